The fourth-order valence-corrected chi connectivity index (χ4v) is 2.51. The van der Waals surface area contributed by atoms with Gasteiger partial charge in [0.2, 0.25) is 0 Å². The summed E-state index contributed by atoms with van der Waals surface area (Å²) in [4.78, 5) is 4.47. The van der Waals surface area contributed by atoms with E-state index < -0.39 is 0 Å². The molecule has 0 amide bonds. The van der Waals surface area contributed by atoms with Gasteiger partial charge in [0, 0.05) is 18.0 Å². The maximum Gasteiger partial charge on any atom is 0.140 e. The maximum absolute atomic E-state index is 9.17. The Morgan fingerprint density at radius 3 is 2.33 bits per heavy atom. The van der Waals surface area contributed by atoms with Gasteiger partial charge in [-0.15, -0.1) is 0 Å². The van der Waals surface area contributed by atoms with Crippen molar-refractivity contribution < 1.29 is 0 Å². The van der Waals surface area contributed by atoms with E-state index in [1.165, 1.54) is 0 Å². The highest BCUT2D eigenvalue weighted by molar-refractivity contribution is 5.55. The van der Waals surface area contributed by atoms with Crippen molar-refractivity contribution in [3.8, 4) is 17.5 Å². The maximum atomic E-state index is 9.17. The van der Waals surface area contributed by atoms with Crippen LogP contribution < -0.4 is 0 Å². The Kier molecular flexibility index (Phi) is 3.79. The monoisotopic (exact) mass is 273 g/mol. The highest BCUT2D eigenvalue weighted by Gasteiger charge is 2.17. The van der Waals surface area contributed by atoms with Crippen molar-refractivity contribution in [2.45, 2.75) is 12.5 Å². The lowest BCUT2D eigenvalue weighted by molar-refractivity contribution is 0.603. The van der Waals surface area contributed by atoms with Crippen molar-refractivity contribution in [1.82, 2.24) is 9.55 Å². The molecule has 1 atom stereocenters. The molecule has 0 N–H and O–H groups in total. The van der Waals surface area contributed by atoms with Crippen molar-refractivity contribution in [2.24, 2.45) is 0 Å². The fourth-order valence-electron chi connectivity index (χ4n) is 2.51. The largest absolute Gasteiger partial charge is 0.322 e. The van der Waals surface area contributed by atoms with Gasteiger partial charge in [-0.05, 0) is 5.56 Å². The number of rotatable bonds is 4. The molecule has 0 spiro atoms. The van der Waals surface area contributed by atoms with E-state index in [0.717, 1.165) is 17.0 Å². The first-order valence-electron chi connectivity index (χ1n) is 6.90. The summed E-state index contributed by atoms with van der Waals surface area (Å²) in [7, 11) is 0. The molecule has 0 radical (unpaired) electrons. The molecule has 3 nitrogen and oxygen atoms in total. The molecule has 0 aliphatic rings. The molecule has 3 rings (SSSR count). The molecule has 102 valence electrons. The lowest BCUT2D eigenvalue weighted by atomic mass is 10.0. The average molecular weight is 273 g/mol. The third-order valence-corrected chi connectivity index (χ3v) is 3.51. The van der Waals surface area contributed by atoms with Crippen molar-refractivity contribution in [1.29, 1.82) is 5.26 Å². The quantitative estimate of drug-likeness (QED) is 0.719. The number of hydrogen-bond acceptors (Lipinski definition) is 2. The summed E-state index contributed by atoms with van der Waals surface area (Å²) in [6.07, 6.45) is 4.15. The number of imidazole rings is 1. The Balaban J connectivity index is 2.06. The zero-order valence-corrected chi connectivity index (χ0v) is 11.6. The van der Waals surface area contributed by atoms with E-state index in [9.17, 15) is 5.26 Å². The molecule has 0 aliphatic carbocycles. The van der Waals surface area contributed by atoms with E-state index in [4.69, 9.17) is 0 Å². The van der Waals surface area contributed by atoms with Gasteiger partial charge in [0.1, 0.15) is 5.82 Å². The zero-order valence-electron chi connectivity index (χ0n) is 11.6. The van der Waals surface area contributed by atoms with E-state index in [-0.39, 0.29) is 6.04 Å². The normalized spacial score (nSPS) is 11.8. The minimum Gasteiger partial charge on any atom is -0.322 e. The predicted molar refractivity (Wildman–Crippen MR) is 82.5 cm³/mol. The SMILES string of the molecule is N#CCC(c1ccccc1)n1ccnc1-c1ccccc1. The number of benzene rings is 2. The van der Waals surface area contributed by atoms with Crippen molar-refractivity contribution in [2.75, 3.05) is 0 Å². The van der Waals surface area contributed by atoms with Gasteiger partial charge < -0.3 is 4.57 Å². The van der Waals surface area contributed by atoms with E-state index in [1.807, 2.05) is 54.7 Å². The summed E-state index contributed by atoms with van der Waals surface area (Å²) in [5.41, 5.74) is 2.18. The smallest absolute Gasteiger partial charge is 0.140 e. The van der Waals surface area contributed by atoms with Crippen LogP contribution in [-0.2, 0) is 0 Å². The van der Waals surface area contributed by atoms with Gasteiger partial charge in [0.25, 0.3) is 0 Å². The molecule has 3 heteroatoms. The number of aromatic nitrogens is 2. The Bertz CT molecular complexity index is 739. The van der Waals surface area contributed by atoms with Crippen LogP contribution in [0, 0.1) is 11.3 Å². The Morgan fingerprint density at radius 2 is 1.67 bits per heavy atom. The Labute approximate surface area is 124 Å². The molecule has 0 bridgehead atoms. The fraction of sp³-hybridized carbons (Fsp3) is 0.111. The highest BCUT2D eigenvalue weighted by atomic mass is 15.1. The van der Waals surface area contributed by atoms with Crippen LogP contribution in [0.25, 0.3) is 11.4 Å². The van der Waals surface area contributed by atoms with Gasteiger partial charge >= 0.3 is 0 Å². The predicted octanol–water partition coefficient (Wildman–Crippen LogP) is 4.05. The minimum absolute atomic E-state index is 0.0195. The third kappa shape index (κ3) is 2.70. The summed E-state index contributed by atoms with van der Waals surface area (Å²) in [6, 6.07) is 22.4. The molecule has 3 aromatic rings. The van der Waals surface area contributed by atoms with E-state index >= 15 is 0 Å². The molecule has 0 fully saturated rings. The van der Waals surface area contributed by atoms with Crippen LogP contribution in [0.2, 0.25) is 0 Å². The number of nitrogens with zero attached hydrogens (tertiary/aromatic N) is 3. The van der Waals surface area contributed by atoms with Gasteiger partial charge in [-0.3, -0.25) is 0 Å². The second kappa shape index (κ2) is 6.06. The standard InChI is InChI=1S/C18H15N3/c19-12-11-17(15-7-3-1-4-8-15)21-14-13-20-18(21)16-9-5-2-6-10-16/h1-10,13-14,17H,11H2. The van der Waals surface area contributed by atoms with Crippen molar-refractivity contribution in [3.63, 3.8) is 0 Å². The first-order valence-corrected chi connectivity index (χ1v) is 6.90. The van der Waals surface area contributed by atoms with E-state index in [1.54, 1.807) is 6.20 Å². The van der Waals surface area contributed by atoms with Crippen LogP contribution >= 0.6 is 0 Å². The van der Waals surface area contributed by atoms with Crippen LogP contribution in [-0.4, -0.2) is 9.55 Å². The summed E-state index contributed by atoms with van der Waals surface area (Å²) >= 11 is 0. The van der Waals surface area contributed by atoms with E-state index in [0.29, 0.717) is 6.42 Å². The lowest BCUT2D eigenvalue weighted by Gasteiger charge is -2.19. The van der Waals surface area contributed by atoms with Gasteiger partial charge in [-0.2, -0.15) is 5.26 Å². The Morgan fingerprint density at radius 1 is 1.00 bits per heavy atom. The highest BCUT2D eigenvalue weighted by Crippen LogP contribution is 2.27. The molecule has 0 saturated heterocycles. The van der Waals surface area contributed by atoms with Crippen LogP contribution in [0.1, 0.15) is 18.0 Å². The molecule has 21 heavy (non-hydrogen) atoms. The minimum atomic E-state index is -0.0195. The first kappa shape index (κ1) is 13.1. The molecule has 0 aliphatic heterocycles. The zero-order chi connectivity index (χ0) is 14.5. The number of hydrogen-bond donors (Lipinski definition) is 0. The molecule has 1 unspecified atom stereocenters. The second-order valence-corrected chi connectivity index (χ2v) is 4.81. The molecular weight excluding hydrogens is 258 g/mol. The van der Waals surface area contributed by atoms with Gasteiger partial charge in [-0.25, -0.2) is 4.98 Å². The lowest BCUT2D eigenvalue weighted by Crippen LogP contribution is -2.10. The van der Waals surface area contributed by atoms with Crippen LogP contribution in [0.3, 0.4) is 0 Å². The molecular formula is C18H15N3. The van der Waals surface area contributed by atoms with Crippen LogP contribution in [0.15, 0.2) is 73.1 Å². The molecule has 0 saturated carbocycles. The summed E-state index contributed by atoms with van der Waals surface area (Å²) in [6.45, 7) is 0. The molecule has 1 aromatic heterocycles. The second-order valence-electron chi connectivity index (χ2n) is 4.81. The summed E-state index contributed by atoms with van der Waals surface area (Å²) in [5.74, 6) is 0.889. The molecule has 2 aromatic carbocycles. The van der Waals surface area contributed by atoms with Gasteiger partial charge in [0.15, 0.2) is 0 Å². The summed E-state index contributed by atoms with van der Waals surface area (Å²) in [5, 5.41) is 9.17. The van der Waals surface area contributed by atoms with Gasteiger partial charge in [0.05, 0.1) is 18.5 Å². The topological polar surface area (TPSA) is 41.6 Å². The third-order valence-electron chi connectivity index (χ3n) is 3.51. The average Bonchev–Trinajstić information content (AvgIpc) is 3.03. The van der Waals surface area contributed by atoms with Gasteiger partial charge in [-0.1, -0.05) is 60.7 Å². The Hall–Kier alpha value is -2.86. The number of nitriles is 1. The van der Waals surface area contributed by atoms with Crippen molar-refractivity contribution in [3.05, 3.63) is 78.6 Å². The molecule has 1 heterocycles. The summed E-state index contributed by atoms with van der Waals surface area (Å²) < 4.78 is 2.08. The van der Waals surface area contributed by atoms with Crippen molar-refractivity contribution >= 4 is 0 Å². The van der Waals surface area contributed by atoms with Crippen LogP contribution in [0.5, 0.6) is 0 Å². The van der Waals surface area contributed by atoms with Crippen LogP contribution in [0.4, 0.5) is 0 Å². The van der Waals surface area contributed by atoms with E-state index in [2.05, 4.69) is 27.8 Å². The first-order chi connectivity index (χ1) is 10.4.